The number of benzene rings is 1. The monoisotopic (exact) mass is 398 g/mol. The van der Waals surface area contributed by atoms with Crippen molar-refractivity contribution < 1.29 is 14.3 Å². The Labute approximate surface area is 167 Å². The Bertz CT molecular complexity index is 950. The fourth-order valence-electron chi connectivity index (χ4n) is 2.49. The lowest BCUT2D eigenvalue weighted by molar-refractivity contribution is 0.0946. The zero-order valence-corrected chi connectivity index (χ0v) is 16.2. The average molecular weight is 399 g/mol. The van der Waals surface area contributed by atoms with E-state index in [1.807, 2.05) is 12.1 Å². The molecule has 2 aromatic heterocycles. The number of carbonyl (C=O) groups is 1. The summed E-state index contributed by atoms with van der Waals surface area (Å²) < 4.78 is 10.6. The number of pyridine rings is 2. The van der Waals surface area contributed by atoms with Crippen LogP contribution >= 0.6 is 11.6 Å². The minimum absolute atomic E-state index is 0.263. The number of hydrogen-bond acceptors (Lipinski definition) is 6. The minimum atomic E-state index is -0.263. The van der Waals surface area contributed by atoms with Crippen LogP contribution in [0.5, 0.6) is 11.5 Å². The first-order chi connectivity index (χ1) is 13.6. The van der Waals surface area contributed by atoms with E-state index in [1.54, 1.807) is 50.0 Å². The number of nitrogens with zero attached hydrogens (tertiary/aromatic N) is 2. The maximum absolute atomic E-state index is 12.2. The predicted molar refractivity (Wildman–Crippen MR) is 107 cm³/mol. The van der Waals surface area contributed by atoms with Gasteiger partial charge < -0.3 is 20.1 Å². The van der Waals surface area contributed by atoms with Gasteiger partial charge in [-0.15, -0.1) is 0 Å². The summed E-state index contributed by atoms with van der Waals surface area (Å²) in [6, 6.07) is 10.5. The molecular weight excluding hydrogens is 380 g/mol. The van der Waals surface area contributed by atoms with Crippen molar-refractivity contribution in [2.75, 3.05) is 19.5 Å². The number of amides is 1. The van der Waals surface area contributed by atoms with E-state index in [2.05, 4.69) is 20.6 Å². The highest BCUT2D eigenvalue weighted by molar-refractivity contribution is 6.32. The van der Waals surface area contributed by atoms with E-state index in [9.17, 15) is 4.79 Å². The average Bonchev–Trinajstić information content (AvgIpc) is 2.74. The van der Waals surface area contributed by atoms with Crippen molar-refractivity contribution >= 4 is 28.9 Å². The number of aromatic nitrogens is 2. The molecule has 2 heterocycles. The predicted octanol–water partition coefficient (Wildman–Crippen LogP) is 3.82. The van der Waals surface area contributed by atoms with Crippen molar-refractivity contribution in [1.82, 2.24) is 15.3 Å². The SMILES string of the molecule is COc1cc(Nc2ccc(C(=O)NCc3cccnc3)nc2)c(OC)cc1Cl. The molecule has 28 heavy (non-hydrogen) atoms. The zero-order valence-electron chi connectivity index (χ0n) is 15.4. The molecule has 0 aliphatic carbocycles. The van der Waals surface area contributed by atoms with Crippen LogP contribution in [-0.2, 0) is 6.54 Å². The van der Waals surface area contributed by atoms with Gasteiger partial charge in [0.25, 0.3) is 5.91 Å². The summed E-state index contributed by atoms with van der Waals surface area (Å²) in [4.78, 5) is 20.5. The van der Waals surface area contributed by atoms with Gasteiger partial charge in [-0.05, 0) is 23.8 Å². The van der Waals surface area contributed by atoms with Crippen molar-refractivity contribution in [3.63, 3.8) is 0 Å². The molecule has 1 aromatic carbocycles. The number of rotatable bonds is 7. The van der Waals surface area contributed by atoms with Gasteiger partial charge >= 0.3 is 0 Å². The Balaban J connectivity index is 1.68. The van der Waals surface area contributed by atoms with Gasteiger partial charge in [0, 0.05) is 31.1 Å². The van der Waals surface area contributed by atoms with Crippen molar-refractivity contribution in [1.29, 1.82) is 0 Å². The van der Waals surface area contributed by atoms with Crippen LogP contribution in [0.15, 0.2) is 55.0 Å². The highest BCUT2D eigenvalue weighted by atomic mass is 35.5. The standard InChI is InChI=1S/C20H19ClN4O3/c1-27-18-9-17(19(28-2)8-15(18)21)25-14-5-6-16(23-12-14)20(26)24-11-13-4-3-7-22-10-13/h3-10,12,25H,11H2,1-2H3,(H,24,26). The third kappa shape index (κ3) is 4.69. The van der Waals surface area contributed by atoms with E-state index < -0.39 is 0 Å². The van der Waals surface area contributed by atoms with Gasteiger partial charge in [0.2, 0.25) is 0 Å². The first kappa shape index (κ1) is 19.4. The molecule has 2 N–H and O–H groups in total. The van der Waals surface area contributed by atoms with Gasteiger partial charge in [0.1, 0.15) is 17.2 Å². The second-order valence-electron chi connectivity index (χ2n) is 5.79. The number of methoxy groups -OCH3 is 2. The normalized spacial score (nSPS) is 10.2. The first-order valence-corrected chi connectivity index (χ1v) is 8.80. The smallest absolute Gasteiger partial charge is 0.270 e. The highest BCUT2D eigenvalue weighted by Gasteiger charge is 2.11. The lowest BCUT2D eigenvalue weighted by atomic mass is 10.2. The summed E-state index contributed by atoms with van der Waals surface area (Å²) >= 11 is 6.12. The fraction of sp³-hybridized carbons (Fsp3) is 0.150. The molecule has 0 unspecified atom stereocenters. The third-order valence-electron chi connectivity index (χ3n) is 3.92. The van der Waals surface area contributed by atoms with Gasteiger partial charge in [0.15, 0.2) is 0 Å². The Morgan fingerprint density at radius 1 is 1.11 bits per heavy atom. The molecule has 0 aliphatic heterocycles. The molecule has 0 fully saturated rings. The first-order valence-electron chi connectivity index (χ1n) is 8.42. The summed E-state index contributed by atoms with van der Waals surface area (Å²) in [7, 11) is 3.09. The van der Waals surface area contributed by atoms with E-state index >= 15 is 0 Å². The number of anilines is 2. The van der Waals surface area contributed by atoms with E-state index in [0.717, 1.165) is 5.56 Å². The number of ether oxygens (including phenoxy) is 2. The molecule has 0 saturated heterocycles. The van der Waals surface area contributed by atoms with Crippen molar-refractivity contribution in [2.24, 2.45) is 0 Å². The molecule has 3 aromatic rings. The lowest BCUT2D eigenvalue weighted by Gasteiger charge is -2.14. The summed E-state index contributed by atoms with van der Waals surface area (Å²) in [6.45, 7) is 0.385. The van der Waals surface area contributed by atoms with Crippen molar-refractivity contribution in [3.8, 4) is 11.5 Å². The zero-order chi connectivity index (χ0) is 19.9. The van der Waals surface area contributed by atoms with Crippen LogP contribution in [0.4, 0.5) is 11.4 Å². The highest BCUT2D eigenvalue weighted by Crippen LogP contribution is 2.37. The second kappa shape index (κ2) is 9.05. The minimum Gasteiger partial charge on any atom is -0.495 e. The summed E-state index contributed by atoms with van der Waals surface area (Å²) in [5, 5.41) is 6.44. The Morgan fingerprint density at radius 3 is 2.57 bits per heavy atom. The molecule has 0 atom stereocenters. The molecule has 0 saturated carbocycles. The van der Waals surface area contributed by atoms with E-state index in [4.69, 9.17) is 21.1 Å². The van der Waals surface area contributed by atoms with Crippen molar-refractivity contribution in [3.05, 3.63) is 71.3 Å². The number of halogens is 1. The number of nitrogens with one attached hydrogen (secondary N) is 2. The third-order valence-corrected chi connectivity index (χ3v) is 4.22. The molecule has 0 spiro atoms. The van der Waals surface area contributed by atoms with Crippen LogP contribution in [-0.4, -0.2) is 30.1 Å². The Hall–Kier alpha value is -3.32. The van der Waals surface area contributed by atoms with Crippen molar-refractivity contribution in [2.45, 2.75) is 6.54 Å². The maximum atomic E-state index is 12.2. The van der Waals surface area contributed by atoms with Crippen LogP contribution in [0.1, 0.15) is 16.1 Å². The quantitative estimate of drug-likeness (QED) is 0.629. The molecule has 3 rings (SSSR count). The van der Waals surface area contributed by atoms with E-state index in [0.29, 0.717) is 40.1 Å². The van der Waals surface area contributed by atoms with E-state index in [1.165, 1.54) is 7.11 Å². The molecule has 1 amide bonds. The Kier molecular flexibility index (Phi) is 6.29. The summed E-state index contributed by atoms with van der Waals surface area (Å²) in [6.07, 6.45) is 4.96. The topological polar surface area (TPSA) is 85.4 Å². The molecule has 144 valence electrons. The number of carbonyl (C=O) groups excluding carboxylic acids is 1. The molecular formula is C20H19ClN4O3. The molecule has 0 radical (unpaired) electrons. The molecule has 0 bridgehead atoms. The summed E-state index contributed by atoms with van der Waals surface area (Å²) in [5.41, 5.74) is 2.58. The largest absolute Gasteiger partial charge is 0.495 e. The molecule has 7 nitrogen and oxygen atoms in total. The van der Waals surface area contributed by atoms with Gasteiger partial charge in [-0.2, -0.15) is 0 Å². The van der Waals surface area contributed by atoms with Crippen LogP contribution in [0.25, 0.3) is 0 Å². The van der Waals surface area contributed by atoms with Gasteiger partial charge in [-0.25, -0.2) is 4.98 Å². The van der Waals surface area contributed by atoms with E-state index in [-0.39, 0.29) is 5.91 Å². The maximum Gasteiger partial charge on any atom is 0.270 e. The van der Waals surface area contributed by atoms with Crippen LogP contribution < -0.4 is 20.1 Å². The van der Waals surface area contributed by atoms with Crippen LogP contribution in [0, 0.1) is 0 Å². The Morgan fingerprint density at radius 2 is 1.93 bits per heavy atom. The molecule has 0 aliphatic rings. The van der Waals surface area contributed by atoms with Gasteiger partial charge in [-0.1, -0.05) is 17.7 Å². The van der Waals surface area contributed by atoms with Crippen LogP contribution in [0.3, 0.4) is 0 Å². The van der Waals surface area contributed by atoms with Gasteiger partial charge in [0.05, 0.1) is 36.8 Å². The van der Waals surface area contributed by atoms with Crippen LogP contribution in [0.2, 0.25) is 5.02 Å². The summed E-state index contributed by atoms with van der Waals surface area (Å²) in [5.74, 6) is 0.814. The second-order valence-corrected chi connectivity index (χ2v) is 6.20. The fourth-order valence-corrected chi connectivity index (χ4v) is 2.72. The lowest BCUT2D eigenvalue weighted by Crippen LogP contribution is -2.23. The van der Waals surface area contributed by atoms with Gasteiger partial charge in [-0.3, -0.25) is 9.78 Å². The molecule has 8 heteroatoms. The number of hydrogen-bond donors (Lipinski definition) is 2.